The normalized spacial score (nSPS) is 28.8. The molecule has 0 saturated heterocycles. The van der Waals surface area contributed by atoms with Crippen LogP contribution < -0.4 is 0 Å². The van der Waals surface area contributed by atoms with Crippen LogP contribution in [0.5, 0.6) is 0 Å². The summed E-state index contributed by atoms with van der Waals surface area (Å²) in [5.41, 5.74) is 13.3. The highest BCUT2D eigenvalue weighted by molar-refractivity contribution is 5.60. The molecule has 0 aliphatic heterocycles. The molecule has 0 amide bonds. The molecule has 0 bridgehead atoms. The van der Waals surface area contributed by atoms with E-state index in [9.17, 15) is 0 Å². The Morgan fingerprint density at radius 3 is 2.55 bits per heavy atom. The topological polar surface area (TPSA) is 0 Å². The van der Waals surface area contributed by atoms with Crippen LogP contribution in [0.15, 0.2) is 106 Å². The summed E-state index contributed by atoms with van der Waals surface area (Å²) < 4.78 is 0. The average Bonchev–Trinajstić information content (AvgIpc) is 3.56. The summed E-state index contributed by atoms with van der Waals surface area (Å²) in [5.74, 6) is 1.64. The second kappa shape index (κ2) is 9.49. The van der Waals surface area contributed by atoms with Gasteiger partial charge in [-0.25, -0.2) is 0 Å². The minimum Gasteiger partial charge on any atom is -0.0955 e. The summed E-state index contributed by atoms with van der Waals surface area (Å²) in [6, 6.07) is 0. The van der Waals surface area contributed by atoms with Gasteiger partial charge in [0.2, 0.25) is 0 Å². The number of hydrogen-bond acceptors (Lipinski definition) is 0. The molecular formula is C33H40. The summed E-state index contributed by atoms with van der Waals surface area (Å²) in [6.45, 7) is 13.8. The van der Waals surface area contributed by atoms with E-state index in [1.165, 1.54) is 65.5 Å². The van der Waals surface area contributed by atoms with Gasteiger partial charge in [-0.1, -0.05) is 111 Å². The largest absolute Gasteiger partial charge is 0.0955 e. The van der Waals surface area contributed by atoms with E-state index in [0.717, 1.165) is 38.0 Å². The van der Waals surface area contributed by atoms with E-state index in [2.05, 4.69) is 63.0 Å². The molecule has 2 saturated carbocycles. The molecule has 5 rings (SSSR count). The van der Waals surface area contributed by atoms with E-state index < -0.39 is 0 Å². The lowest BCUT2D eigenvalue weighted by molar-refractivity contribution is 0.399. The fourth-order valence-corrected chi connectivity index (χ4v) is 7.01. The Balaban J connectivity index is 1.39. The van der Waals surface area contributed by atoms with Crippen LogP contribution in [0.4, 0.5) is 0 Å². The van der Waals surface area contributed by atoms with Crippen molar-refractivity contribution in [3.63, 3.8) is 0 Å². The molecule has 5 aliphatic rings. The third-order valence-corrected chi connectivity index (χ3v) is 8.59. The highest BCUT2D eigenvalue weighted by Crippen LogP contribution is 2.54. The van der Waals surface area contributed by atoms with Crippen molar-refractivity contribution < 1.29 is 0 Å². The van der Waals surface area contributed by atoms with Crippen LogP contribution in [0, 0.1) is 17.8 Å². The van der Waals surface area contributed by atoms with Gasteiger partial charge in [-0.3, -0.25) is 0 Å². The first-order valence-corrected chi connectivity index (χ1v) is 13.3. The summed E-state index contributed by atoms with van der Waals surface area (Å²) in [5, 5.41) is 0. The van der Waals surface area contributed by atoms with Gasteiger partial charge in [0.1, 0.15) is 0 Å². The molecule has 0 nitrogen and oxygen atoms in total. The molecule has 0 aromatic heterocycles. The second-order valence-corrected chi connectivity index (χ2v) is 10.9. The zero-order valence-electron chi connectivity index (χ0n) is 20.8. The van der Waals surface area contributed by atoms with E-state index in [1.54, 1.807) is 16.7 Å². The lowest BCUT2D eigenvalue weighted by atomic mass is 9.68. The SMILES string of the molecule is C=C(CCC)C1=C(C)C=C2CC(=CC3=CC=C(C4CCCCC4)C3)C(=C)C2C1C1=CC=CC1. The zero-order chi connectivity index (χ0) is 22.9. The van der Waals surface area contributed by atoms with Crippen LogP contribution >= 0.6 is 0 Å². The van der Waals surface area contributed by atoms with E-state index in [0.29, 0.717) is 11.8 Å². The van der Waals surface area contributed by atoms with Crippen molar-refractivity contribution in [1.29, 1.82) is 0 Å². The predicted octanol–water partition coefficient (Wildman–Crippen LogP) is 9.44. The molecule has 0 aromatic rings. The third kappa shape index (κ3) is 4.30. The van der Waals surface area contributed by atoms with E-state index in [4.69, 9.17) is 6.58 Å². The molecule has 2 atom stereocenters. The lowest BCUT2D eigenvalue weighted by Gasteiger charge is -2.35. The third-order valence-electron chi connectivity index (χ3n) is 8.59. The Hall–Kier alpha value is -2.34. The van der Waals surface area contributed by atoms with Gasteiger partial charge < -0.3 is 0 Å². The summed E-state index contributed by atoms with van der Waals surface area (Å²) in [4.78, 5) is 0. The summed E-state index contributed by atoms with van der Waals surface area (Å²) >= 11 is 0. The molecule has 0 spiro atoms. The van der Waals surface area contributed by atoms with Gasteiger partial charge in [0, 0.05) is 11.8 Å². The molecule has 2 fully saturated rings. The lowest BCUT2D eigenvalue weighted by Crippen LogP contribution is -2.24. The van der Waals surface area contributed by atoms with Crippen LogP contribution in [-0.2, 0) is 0 Å². The van der Waals surface area contributed by atoms with Gasteiger partial charge >= 0.3 is 0 Å². The fraction of sp³-hybridized carbons (Fsp3) is 0.455. The number of allylic oxidation sites excluding steroid dienone is 16. The van der Waals surface area contributed by atoms with Gasteiger partial charge in [0.15, 0.2) is 0 Å². The smallest absolute Gasteiger partial charge is 0.0166 e. The summed E-state index contributed by atoms with van der Waals surface area (Å²) in [7, 11) is 0. The van der Waals surface area contributed by atoms with Gasteiger partial charge in [-0.15, -0.1) is 0 Å². The first kappa shape index (κ1) is 22.5. The molecule has 0 heterocycles. The highest BCUT2D eigenvalue weighted by atomic mass is 14.4. The Morgan fingerprint density at radius 2 is 1.82 bits per heavy atom. The number of fused-ring (bicyclic) bond motifs is 1. The van der Waals surface area contributed by atoms with Crippen molar-refractivity contribution in [2.24, 2.45) is 17.8 Å². The van der Waals surface area contributed by atoms with Crippen LogP contribution in [-0.4, -0.2) is 0 Å². The standard InChI is InChI=1S/C33H40/c1-5-11-22(2)31-23(3)18-30-21-29(24(4)32(30)33(31)27-14-9-10-15-27)20-25-16-17-28(19-25)26-12-7-6-8-13-26/h9-10,14,16-18,20,26,32-33H,2,4-8,11-13,15,19,21H2,1,3H3. The van der Waals surface area contributed by atoms with Crippen molar-refractivity contribution in [2.75, 3.05) is 0 Å². The van der Waals surface area contributed by atoms with Crippen molar-refractivity contribution in [1.82, 2.24) is 0 Å². The van der Waals surface area contributed by atoms with Crippen molar-refractivity contribution in [3.05, 3.63) is 106 Å². The molecular weight excluding hydrogens is 396 g/mol. The quantitative estimate of drug-likeness (QED) is 0.389. The minimum atomic E-state index is 0.405. The van der Waals surface area contributed by atoms with E-state index in [-0.39, 0.29) is 0 Å². The molecule has 0 N–H and O–H groups in total. The molecule has 0 heteroatoms. The van der Waals surface area contributed by atoms with Gasteiger partial charge in [-0.05, 0) is 79.2 Å². The minimum absolute atomic E-state index is 0.405. The van der Waals surface area contributed by atoms with Crippen LogP contribution in [0.2, 0.25) is 0 Å². The number of rotatable bonds is 6. The first-order valence-electron chi connectivity index (χ1n) is 13.3. The molecule has 33 heavy (non-hydrogen) atoms. The maximum Gasteiger partial charge on any atom is 0.0166 e. The molecule has 5 aliphatic carbocycles. The molecule has 0 aromatic carbocycles. The zero-order valence-corrected chi connectivity index (χ0v) is 20.8. The molecule has 2 unspecified atom stereocenters. The Kier molecular flexibility index (Phi) is 6.46. The highest BCUT2D eigenvalue weighted by Gasteiger charge is 2.41. The van der Waals surface area contributed by atoms with Gasteiger partial charge in [-0.2, -0.15) is 0 Å². The fourth-order valence-electron chi connectivity index (χ4n) is 7.01. The Labute approximate surface area is 201 Å². The predicted molar refractivity (Wildman–Crippen MR) is 143 cm³/mol. The van der Waals surface area contributed by atoms with Crippen molar-refractivity contribution in [3.8, 4) is 0 Å². The van der Waals surface area contributed by atoms with Gasteiger partial charge in [0.05, 0.1) is 0 Å². The Bertz CT molecular complexity index is 1070. The maximum atomic E-state index is 4.70. The Morgan fingerprint density at radius 1 is 1.00 bits per heavy atom. The van der Waals surface area contributed by atoms with Gasteiger partial charge in [0.25, 0.3) is 0 Å². The van der Waals surface area contributed by atoms with Crippen LogP contribution in [0.1, 0.15) is 78.1 Å². The van der Waals surface area contributed by atoms with E-state index >= 15 is 0 Å². The monoisotopic (exact) mass is 436 g/mol. The summed E-state index contributed by atoms with van der Waals surface area (Å²) in [6.07, 6.45) is 29.2. The van der Waals surface area contributed by atoms with Crippen LogP contribution in [0.3, 0.4) is 0 Å². The molecule has 0 radical (unpaired) electrons. The first-order chi connectivity index (χ1) is 16.1. The van der Waals surface area contributed by atoms with E-state index in [1.807, 2.05) is 0 Å². The number of hydrogen-bond donors (Lipinski definition) is 0. The van der Waals surface area contributed by atoms with Crippen molar-refractivity contribution in [2.45, 2.75) is 78.1 Å². The van der Waals surface area contributed by atoms with Crippen LogP contribution in [0.25, 0.3) is 0 Å². The second-order valence-electron chi connectivity index (χ2n) is 10.9. The molecule has 172 valence electrons. The average molecular weight is 437 g/mol. The maximum absolute atomic E-state index is 4.70. The van der Waals surface area contributed by atoms with Crippen molar-refractivity contribution >= 4 is 0 Å².